The first-order chi connectivity index (χ1) is 10.0. The van der Waals surface area contributed by atoms with Crippen molar-refractivity contribution in [2.45, 2.75) is 65.0 Å². The molecule has 0 aliphatic heterocycles. The number of hydrogen-bond donors (Lipinski definition) is 1. The van der Waals surface area contributed by atoms with E-state index in [1.807, 2.05) is 7.11 Å². The molecule has 118 valence electrons. The molecule has 1 unspecified atom stereocenters. The summed E-state index contributed by atoms with van der Waals surface area (Å²) in [6.45, 7) is 9.91. The number of likely N-dealkylation sites (N-methyl/N-ethyl adjacent to an activating group) is 1. The molecule has 0 radical (unpaired) electrons. The number of benzene rings is 1. The van der Waals surface area contributed by atoms with Crippen molar-refractivity contribution in [1.29, 1.82) is 0 Å². The van der Waals surface area contributed by atoms with Gasteiger partial charge in [-0.2, -0.15) is 0 Å². The molecular weight excluding hydrogens is 258 g/mol. The second-order valence-electron chi connectivity index (χ2n) is 6.80. The number of hydrogen-bond acceptors (Lipinski definition) is 2. The summed E-state index contributed by atoms with van der Waals surface area (Å²) < 4.78 is 6.13. The van der Waals surface area contributed by atoms with Crippen LogP contribution in [0.15, 0.2) is 18.2 Å². The molecule has 0 aromatic heterocycles. The fourth-order valence-electron chi connectivity index (χ4n) is 3.72. The summed E-state index contributed by atoms with van der Waals surface area (Å²) in [7, 11) is 1.89. The van der Waals surface area contributed by atoms with E-state index < -0.39 is 0 Å². The molecule has 1 atom stereocenters. The third-order valence-corrected chi connectivity index (χ3v) is 5.21. The minimum absolute atomic E-state index is 0.0545. The molecule has 2 heteroatoms. The lowest BCUT2D eigenvalue weighted by atomic mass is 9.72. The van der Waals surface area contributed by atoms with Gasteiger partial charge in [-0.25, -0.2) is 0 Å². The van der Waals surface area contributed by atoms with Crippen molar-refractivity contribution >= 4 is 0 Å². The van der Waals surface area contributed by atoms with E-state index in [1.165, 1.54) is 29.5 Å². The van der Waals surface area contributed by atoms with Crippen LogP contribution in [0.3, 0.4) is 0 Å². The second kappa shape index (κ2) is 6.93. The van der Waals surface area contributed by atoms with Gasteiger partial charge in [0.15, 0.2) is 0 Å². The maximum Gasteiger partial charge on any atom is 0.0872 e. The number of rotatable bonds is 5. The molecule has 0 saturated heterocycles. The lowest BCUT2D eigenvalue weighted by Crippen LogP contribution is -2.48. The van der Waals surface area contributed by atoms with E-state index in [9.17, 15) is 0 Å². The Morgan fingerprint density at radius 1 is 1.29 bits per heavy atom. The number of aryl methyl sites for hydroxylation is 2. The highest BCUT2D eigenvalue weighted by molar-refractivity contribution is 5.35. The number of nitrogens with one attached hydrogen (secondary N) is 1. The van der Waals surface area contributed by atoms with Crippen molar-refractivity contribution in [2.24, 2.45) is 5.92 Å². The van der Waals surface area contributed by atoms with Gasteiger partial charge < -0.3 is 10.1 Å². The highest BCUT2D eigenvalue weighted by atomic mass is 16.5. The van der Waals surface area contributed by atoms with Gasteiger partial charge in [-0.05, 0) is 63.1 Å². The molecule has 0 heterocycles. The van der Waals surface area contributed by atoms with Crippen LogP contribution in [-0.4, -0.2) is 19.3 Å². The molecule has 21 heavy (non-hydrogen) atoms. The second-order valence-corrected chi connectivity index (χ2v) is 6.80. The van der Waals surface area contributed by atoms with Crippen LogP contribution in [0.25, 0.3) is 0 Å². The van der Waals surface area contributed by atoms with Crippen molar-refractivity contribution in [1.82, 2.24) is 5.32 Å². The Labute approximate surface area is 130 Å². The minimum Gasteiger partial charge on any atom is -0.376 e. The molecule has 0 bridgehead atoms. The Balaban J connectivity index is 2.38. The van der Waals surface area contributed by atoms with Gasteiger partial charge in [-0.3, -0.25) is 0 Å². The van der Waals surface area contributed by atoms with Crippen molar-refractivity contribution in [3.63, 3.8) is 0 Å². The molecule has 0 spiro atoms. The van der Waals surface area contributed by atoms with Crippen molar-refractivity contribution in [3.8, 4) is 0 Å². The van der Waals surface area contributed by atoms with E-state index in [-0.39, 0.29) is 5.60 Å². The van der Waals surface area contributed by atoms with Crippen molar-refractivity contribution in [3.05, 3.63) is 34.9 Å². The van der Waals surface area contributed by atoms with E-state index in [0.717, 1.165) is 25.3 Å². The first kappa shape index (κ1) is 16.5. The summed E-state index contributed by atoms with van der Waals surface area (Å²) in [6, 6.07) is 7.06. The van der Waals surface area contributed by atoms with Crippen LogP contribution in [0.2, 0.25) is 0 Å². The van der Waals surface area contributed by atoms with Gasteiger partial charge in [-0.1, -0.05) is 37.6 Å². The highest BCUT2D eigenvalue weighted by Gasteiger charge is 2.42. The molecule has 1 N–H and O–H groups in total. The maximum absolute atomic E-state index is 6.13. The van der Waals surface area contributed by atoms with Crippen LogP contribution in [0.4, 0.5) is 0 Å². The van der Waals surface area contributed by atoms with Gasteiger partial charge in [0, 0.05) is 7.11 Å². The zero-order valence-electron chi connectivity index (χ0n) is 14.3. The SMILES string of the molecule is CCNC(c1cc(C)ccc1C)C1(OC)CCC(C)CC1. The summed E-state index contributed by atoms with van der Waals surface area (Å²) in [6.07, 6.45) is 4.83. The van der Waals surface area contributed by atoms with Gasteiger partial charge in [0.2, 0.25) is 0 Å². The molecule has 1 aromatic carbocycles. The van der Waals surface area contributed by atoms with Gasteiger partial charge >= 0.3 is 0 Å². The fourth-order valence-corrected chi connectivity index (χ4v) is 3.72. The standard InChI is InChI=1S/C19H31NO/c1-6-20-18(17-13-15(3)7-8-16(17)4)19(21-5)11-9-14(2)10-12-19/h7-8,13-14,18,20H,6,9-12H2,1-5H3. The first-order valence-electron chi connectivity index (χ1n) is 8.38. The number of ether oxygens (including phenoxy) is 1. The topological polar surface area (TPSA) is 21.3 Å². The normalized spacial score (nSPS) is 27.6. The Hall–Kier alpha value is -0.860. The van der Waals surface area contributed by atoms with E-state index in [2.05, 4.69) is 51.2 Å². The van der Waals surface area contributed by atoms with Crippen molar-refractivity contribution < 1.29 is 4.74 Å². The quantitative estimate of drug-likeness (QED) is 0.858. The molecular formula is C19H31NO. The largest absolute Gasteiger partial charge is 0.376 e. The van der Waals surface area contributed by atoms with Crippen molar-refractivity contribution in [2.75, 3.05) is 13.7 Å². The Bertz CT molecular complexity index is 461. The monoisotopic (exact) mass is 289 g/mol. The molecule has 2 rings (SSSR count). The summed E-state index contributed by atoms with van der Waals surface area (Å²) >= 11 is 0. The van der Waals surface area contributed by atoms with E-state index in [0.29, 0.717) is 6.04 Å². The molecule has 1 aliphatic carbocycles. The predicted octanol–water partition coefficient (Wildman–Crippen LogP) is 4.55. The predicted molar refractivity (Wildman–Crippen MR) is 89.7 cm³/mol. The average Bonchev–Trinajstić information content (AvgIpc) is 2.49. The summed E-state index contributed by atoms with van der Waals surface area (Å²) in [5.74, 6) is 0.828. The van der Waals surface area contributed by atoms with Gasteiger partial charge in [0.05, 0.1) is 11.6 Å². The molecule has 2 nitrogen and oxygen atoms in total. The molecule has 1 saturated carbocycles. The first-order valence-corrected chi connectivity index (χ1v) is 8.38. The lowest BCUT2D eigenvalue weighted by Gasteiger charge is -2.45. The zero-order valence-corrected chi connectivity index (χ0v) is 14.3. The smallest absolute Gasteiger partial charge is 0.0872 e. The van der Waals surface area contributed by atoms with Crippen LogP contribution >= 0.6 is 0 Å². The molecule has 0 amide bonds. The van der Waals surface area contributed by atoms with Gasteiger partial charge in [-0.15, -0.1) is 0 Å². The lowest BCUT2D eigenvalue weighted by molar-refractivity contribution is -0.0759. The Kier molecular flexibility index (Phi) is 5.45. The maximum atomic E-state index is 6.13. The summed E-state index contributed by atoms with van der Waals surface area (Å²) in [5, 5.41) is 3.72. The van der Waals surface area contributed by atoms with E-state index in [4.69, 9.17) is 4.74 Å². The average molecular weight is 289 g/mol. The van der Waals surface area contributed by atoms with Crippen LogP contribution < -0.4 is 5.32 Å². The molecule has 1 aromatic rings. The van der Waals surface area contributed by atoms with E-state index in [1.54, 1.807) is 0 Å². The fraction of sp³-hybridized carbons (Fsp3) is 0.684. The van der Waals surface area contributed by atoms with Gasteiger partial charge in [0.25, 0.3) is 0 Å². The third kappa shape index (κ3) is 3.49. The Morgan fingerprint density at radius 3 is 2.52 bits per heavy atom. The van der Waals surface area contributed by atoms with Crippen LogP contribution in [0.5, 0.6) is 0 Å². The third-order valence-electron chi connectivity index (χ3n) is 5.21. The van der Waals surface area contributed by atoms with Crippen LogP contribution in [0, 0.1) is 19.8 Å². The van der Waals surface area contributed by atoms with Gasteiger partial charge in [0.1, 0.15) is 0 Å². The molecule has 1 fully saturated rings. The van der Waals surface area contributed by atoms with E-state index >= 15 is 0 Å². The Morgan fingerprint density at radius 2 is 1.95 bits per heavy atom. The summed E-state index contributed by atoms with van der Waals surface area (Å²) in [5.41, 5.74) is 4.05. The summed E-state index contributed by atoms with van der Waals surface area (Å²) in [4.78, 5) is 0. The highest BCUT2D eigenvalue weighted by Crippen LogP contribution is 2.43. The molecule has 1 aliphatic rings. The minimum atomic E-state index is -0.0545. The van der Waals surface area contributed by atoms with Crippen LogP contribution in [0.1, 0.15) is 62.3 Å². The number of methoxy groups -OCH3 is 1. The van der Waals surface area contributed by atoms with Crippen LogP contribution in [-0.2, 0) is 4.74 Å². The zero-order chi connectivity index (χ0) is 15.5.